The zero-order chi connectivity index (χ0) is 14.5. The highest BCUT2D eigenvalue weighted by molar-refractivity contribution is 7.99. The van der Waals surface area contributed by atoms with E-state index in [1.165, 1.54) is 27.1 Å². The summed E-state index contributed by atoms with van der Waals surface area (Å²) < 4.78 is 0. The molecule has 2 aromatic rings. The van der Waals surface area contributed by atoms with Crippen molar-refractivity contribution in [2.45, 2.75) is 31.7 Å². The zero-order valence-electron chi connectivity index (χ0n) is 12.7. The molecule has 0 aliphatic heterocycles. The molecule has 0 aromatic heterocycles. The molecule has 0 heterocycles. The maximum atomic E-state index is 3.44. The van der Waals surface area contributed by atoms with Crippen LogP contribution in [0.4, 0.5) is 0 Å². The highest BCUT2D eigenvalue weighted by atomic mass is 32.2. The van der Waals surface area contributed by atoms with Crippen molar-refractivity contribution in [3.63, 3.8) is 0 Å². The standard InChI is InChI=1S/C18H23NS/c1-13-6-5-7-16(11-13)20-12-18(19-4)17-9-8-14(2)10-15(17)3/h5-11,18-19H,12H2,1-4H3. The Hall–Kier alpha value is -1.25. The lowest BCUT2D eigenvalue weighted by atomic mass is 10.0. The van der Waals surface area contributed by atoms with E-state index in [1.54, 1.807) is 0 Å². The third kappa shape index (κ3) is 3.87. The molecule has 1 nitrogen and oxygen atoms in total. The molecule has 0 aliphatic rings. The van der Waals surface area contributed by atoms with Gasteiger partial charge < -0.3 is 5.32 Å². The van der Waals surface area contributed by atoms with Crippen LogP contribution >= 0.6 is 11.8 Å². The number of hydrogen-bond acceptors (Lipinski definition) is 2. The molecule has 0 radical (unpaired) electrons. The van der Waals surface area contributed by atoms with Gasteiger partial charge in [-0.3, -0.25) is 0 Å². The minimum atomic E-state index is 0.390. The molecule has 2 heteroatoms. The van der Waals surface area contributed by atoms with Gasteiger partial charge in [0.1, 0.15) is 0 Å². The molecule has 0 aliphatic carbocycles. The molecule has 0 spiro atoms. The summed E-state index contributed by atoms with van der Waals surface area (Å²) in [5, 5.41) is 3.44. The van der Waals surface area contributed by atoms with Crippen molar-refractivity contribution in [3.05, 3.63) is 64.7 Å². The summed E-state index contributed by atoms with van der Waals surface area (Å²) in [5.74, 6) is 1.05. The summed E-state index contributed by atoms with van der Waals surface area (Å²) in [6.07, 6.45) is 0. The molecular formula is C18H23NS. The molecule has 0 bridgehead atoms. The Morgan fingerprint density at radius 3 is 2.40 bits per heavy atom. The van der Waals surface area contributed by atoms with Gasteiger partial charge in [0.25, 0.3) is 0 Å². The first-order chi connectivity index (χ1) is 9.60. The van der Waals surface area contributed by atoms with Crippen LogP contribution in [-0.4, -0.2) is 12.8 Å². The van der Waals surface area contributed by atoms with Gasteiger partial charge in [-0.05, 0) is 51.1 Å². The highest BCUT2D eigenvalue weighted by Crippen LogP contribution is 2.27. The van der Waals surface area contributed by atoms with Crippen molar-refractivity contribution in [3.8, 4) is 0 Å². The fourth-order valence-electron chi connectivity index (χ4n) is 2.43. The number of thioether (sulfide) groups is 1. The Kier molecular flexibility index (Phi) is 5.27. The molecule has 0 fully saturated rings. The Morgan fingerprint density at radius 2 is 1.75 bits per heavy atom. The minimum Gasteiger partial charge on any atom is -0.312 e. The lowest BCUT2D eigenvalue weighted by molar-refractivity contribution is 0.657. The molecule has 106 valence electrons. The number of hydrogen-bond donors (Lipinski definition) is 1. The first-order valence-electron chi connectivity index (χ1n) is 7.04. The van der Waals surface area contributed by atoms with Crippen LogP contribution < -0.4 is 5.32 Å². The molecule has 0 saturated carbocycles. The van der Waals surface area contributed by atoms with Gasteiger partial charge >= 0.3 is 0 Å². The van der Waals surface area contributed by atoms with Crippen molar-refractivity contribution in [2.75, 3.05) is 12.8 Å². The monoisotopic (exact) mass is 285 g/mol. The smallest absolute Gasteiger partial charge is 0.0415 e. The lowest BCUT2D eigenvalue weighted by Gasteiger charge is -2.19. The summed E-state index contributed by atoms with van der Waals surface area (Å²) in [4.78, 5) is 1.34. The predicted molar refractivity (Wildman–Crippen MR) is 89.6 cm³/mol. The summed E-state index contributed by atoms with van der Waals surface area (Å²) in [7, 11) is 2.04. The van der Waals surface area contributed by atoms with E-state index in [-0.39, 0.29) is 0 Å². The minimum absolute atomic E-state index is 0.390. The molecule has 1 atom stereocenters. The molecule has 1 unspecified atom stereocenters. The Morgan fingerprint density at radius 1 is 1.00 bits per heavy atom. The number of benzene rings is 2. The van der Waals surface area contributed by atoms with E-state index in [0.29, 0.717) is 6.04 Å². The van der Waals surface area contributed by atoms with Gasteiger partial charge in [0, 0.05) is 16.7 Å². The Balaban J connectivity index is 2.09. The summed E-state index contributed by atoms with van der Waals surface area (Å²) in [6.45, 7) is 6.49. The maximum Gasteiger partial charge on any atom is 0.0415 e. The largest absolute Gasteiger partial charge is 0.312 e. The van der Waals surface area contributed by atoms with Gasteiger partial charge in [0.05, 0.1) is 0 Å². The third-order valence-corrected chi connectivity index (χ3v) is 4.64. The van der Waals surface area contributed by atoms with Crippen molar-refractivity contribution in [2.24, 2.45) is 0 Å². The van der Waals surface area contributed by atoms with Gasteiger partial charge in [-0.25, -0.2) is 0 Å². The Labute approximate surface area is 126 Å². The molecule has 20 heavy (non-hydrogen) atoms. The fraction of sp³-hybridized carbons (Fsp3) is 0.333. The lowest BCUT2D eigenvalue weighted by Crippen LogP contribution is -2.19. The van der Waals surface area contributed by atoms with E-state index in [4.69, 9.17) is 0 Å². The van der Waals surface area contributed by atoms with Gasteiger partial charge in [-0.15, -0.1) is 11.8 Å². The normalized spacial score (nSPS) is 12.4. The highest BCUT2D eigenvalue weighted by Gasteiger charge is 2.12. The van der Waals surface area contributed by atoms with Crippen molar-refractivity contribution in [1.82, 2.24) is 5.32 Å². The van der Waals surface area contributed by atoms with Crippen LogP contribution in [0.5, 0.6) is 0 Å². The Bertz CT molecular complexity index is 577. The number of rotatable bonds is 5. The second kappa shape index (κ2) is 6.96. The molecule has 2 aromatic carbocycles. The van der Waals surface area contributed by atoms with E-state index in [9.17, 15) is 0 Å². The topological polar surface area (TPSA) is 12.0 Å². The van der Waals surface area contributed by atoms with E-state index in [2.05, 4.69) is 68.6 Å². The summed E-state index contributed by atoms with van der Waals surface area (Å²) in [5.41, 5.74) is 5.42. The number of nitrogens with one attached hydrogen (secondary N) is 1. The van der Waals surface area contributed by atoms with E-state index in [1.807, 2.05) is 18.8 Å². The summed E-state index contributed by atoms with van der Waals surface area (Å²) in [6, 6.07) is 15.8. The first-order valence-corrected chi connectivity index (χ1v) is 8.02. The van der Waals surface area contributed by atoms with Crippen LogP contribution in [0, 0.1) is 20.8 Å². The van der Waals surface area contributed by atoms with Gasteiger partial charge in [0.2, 0.25) is 0 Å². The number of aryl methyl sites for hydroxylation is 3. The van der Waals surface area contributed by atoms with Crippen LogP contribution in [-0.2, 0) is 0 Å². The molecule has 0 saturated heterocycles. The van der Waals surface area contributed by atoms with E-state index < -0.39 is 0 Å². The van der Waals surface area contributed by atoms with Crippen molar-refractivity contribution in [1.29, 1.82) is 0 Å². The maximum absolute atomic E-state index is 3.44. The molecule has 2 rings (SSSR count). The molecule has 0 amide bonds. The van der Waals surface area contributed by atoms with Crippen LogP contribution in [0.3, 0.4) is 0 Å². The quantitative estimate of drug-likeness (QED) is 0.802. The average Bonchev–Trinajstić information content (AvgIpc) is 2.41. The van der Waals surface area contributed by atoms with E-state index >= 15 is 0 Å². The molecular weight excluding hydrogens is 262 g/mol. The first kappa shape index (κ1) is 15.1. The SMILES string of the molecule is CNC(CSc1cccc(C)c1)c1ccc(C)cc1C. The van der Waals surface area contributed by atoms with E-state index in [0.717, 1.165) is 5.75 Å². The average molecular weight is 285 g/mol. The molecule has 1 N–H and O–H groups in total. The van der Waals surface area contributed by atoms with Crippen molar-refractivity contribution >= 4 is 11.8 Å². The zero-order valence-corrected chi connectivity index (χ0v) is 13.6. The van der Waals surface area contributed by atoms with Crippen LogP contribution in [0.15, 0.2) is 47.4 Å². The van der Waals surface area contributed by atoms with Crippen molar-refractivity contribution < 1.29 is 0 Å². The second-order valence-corrected chi connectivity index (χ2v) is 6.42. The van der Waals surface area contributed by atoms with Gasteiger partial charge in [-0.2, -0.15) is 0 Å². The van der Waals surface area contributed by atoms with Gasteiger partial charge in [-0.1, -0.05) is 41.5 Å². The van der Waals surface area contributed by atoms with Crippen LogP contribution in [0.1, 0.15) is 28.3 Å². The summed E-state index contributed by atoms with van der Waals surface area (Å²) >= 11 is 1.91. The fourth-order valence-corrected chi connectivity index (χ4v) is 3.58. The van der Waals surface area contributed by atoms with Gasteiger partial charge in [0.15, 0.2) is 0 Å². The second-order valence-electron chi connectivity index (χ2n) is 5.33. The van der Waals surface area contributed by atoms with Crippen LogP contribution in [0.25, 0.3) is 0 Å². The third-order valence-electron chi connectivity index (χ3n) is 3.56. The predicted octanol–water partition coefficient (Wildman–Crippen LogP) is 4.66. The van der Waals surface area contributed by atoms with Crippen LogP contribution in [0.2, 0.25) is 0 Å².